The Balaban J connectivity index is 3.31. The topological polar surface area (TPSA) is 112 Å². The van der Waals surface area contributed by atoms with Crippen molar-refractivity contribution < 1.29 is 38.7 Å². The highest BCUT2D eigenvalue weighted by Gasteiger charge is 2.07. The fraction of sp³-hybridized carbons (Fsp3) is 0.684. The van der Waals surface area contributed by atoms with Gasteiger partial charge in [0.05, 0.1) is 13.2 Å². The van der Waals surface area contributed by atoms with Gasteiger partial charge in [-0.2, -0.15) is 0 Å². The van der Waals surface area contributed by atoms with Crippen LogP contribution in [-0.4, -0.2) is 74.0 Å². The fourth-order valence-electron chi connectivity index (χ4n) is 1.95. The molecule has 0 aromatic carbocycles. The first-order chi connectivity index (χ1) is 13.0. The van der Waals surface area contributed by atoms with Crippen molar-refractivity contribution in [2.75, 3.05) is 39.6 Å². The van der Waals surface area contributed by atoms with E-state index in [1.807, 2.05) is 0 Å². The Labute approximate surface area is 160 Å². The Morgan fingerprint density at radius 3 is 1.44 bits per heavy atom. The molecule has 2 atom stereocenters. The number of carbonyl (C=O) groups excluding carboxylic acids is 2. The average Bonchev–Trinajstić information content (AvgIpc) is 2.68. The number of aliphatic hydroxyl groups is 2. The summed E-state index contributed by atoms with van der Waals surface area (Å²) in [6.45, 7) is 7.66. The average molecular weight is 388 g/mol. The number of ether oxygens (including phenoxy) is 4. The van der Waals surface area contributed by atoms with Gasteiger partial charge in [0.1, 0.15) is 25.4 Å². The number of carbonyl (C=O) groups is 2. The molecule has 0 aliphatic carbocycles. The molecule has 0 aliphatic heterocycles. The molecule has 2 unspecified atom stereocenters. The first-order valence-electron chi connectivity index (χ1n) is 9.09. The molecule has 0 amide bonds. The Morgan fingerprint density at radius 2 is 1.07 bits per heavy atom. The van der Waals surface area contributed by atoms with Gasteiger partial charge in [-0.05, 0) is 12.8 Å². The zero-order valence-electron chi connectivity index (χ0n) is 15.8. The molecule has 0 fully saturated rings. The zero-order chi connectivity index (χ0) is 20.3. The van der Waals surface area contributed by atoms with Crippen LogP contribution < -0.4 is 0 Å². The maximum atomic E-state index is 10.8. The molecule has 0 saturated heterocycles. The second kappa shape index (κ2) is 17.7. The number of unbranched alkanes of at least 4 members (excludes halogenated alkanes) is 4. The van der Waals surface area contributed by atoms with Gasteiger partial charge in [0, 0.05) is 25.4 Å². The number of hydrogen-bond donors (Lipinski definition) is 2. The highest BCUT2D eigenvalue weighted by atomic mass is 16.6. The van der Waals surface area contributed by atoms with Crippen molar-refractivity contribution >= 4 is 11.9 Å². The van der Waals surface area contributed by atoms with Gasteiger partial charge >= 0.3 is 11.9 Å². The Bertz CT molecular complexity index is 386. The van der Waals surface area contributed by atoms with E-state index in [2.05, 4.69) is 13.2 Å². The fourth-order valence-corrected chi connectivity index (χ4v) is 1.95. The van der Waals surface area contributed by atoms with E-state index in [9.17, 15) is 19.8 Å². The van der Waals surface area contributed by atoms with Crippen molar-refractivity contribution in [2.24, 2.45) is 0 Å². The van der Waals surface area contributed by atoms with E-state index >= 15 is 0 Å². The lowest BCUT2D eigenvalue weighted by atomic mass is 10.1. The van der Waals surface area contributed by atoms with Gasteiger partial charge in [0.2, 0.25) is 0 Å². The van der Waals surface area contributed by atoms with E-state index in [0.29, 0.717) is 13.2 Å². The van der Waals surface area contributed by atoms with E-state index in [0.717, 1.165) is 44.3 Å². The van der Waals surface area contributed by atoms with Crippen molar-refractivity contribution in [2.45, 2.75) is 44.3 Å². The van der Waals surface area contributed by atoms with Crippen LogP contribution in [0.15, 0.2) is 25.3 Å². The predicted octanol–water partition coefficient (Wildman–Crippen LogP) is 1.15. The number of esters is 2. The molecule has 0 radical (unpaired) electrons. The van der Waals surface area contributed by atoms with E-state index in [4.69, 9.17) is 18.9 Å². The minimum Gasteiger partial charge on any atom is -0.460 e. The molecule has 0 spiro atoms. The molecule has 0 bridgehead atoms. The van der Waals surface area contributed by atoms with Gasteiger partial charge < -0.3 is 29.2 Å². The second-order valence-electron chi connectivity index (χ2n) is 5.89. The molecule has 27 heavy (non-hydrogen) atoms. The summed E-state index contributed by atoms with van der Waals surface area (Å²) in [6.07, 6.45) is 5.22. The summed E-state index contributed by atoms with van der Waals surface area (Å²) in [7, 11) is 0. The van der Waals surface area contributed by atoms with E-state index in [-0.39, 0.29) is 26.4 Å². The smallest absolute Gasteiger partial charge is 0.330 e. The lowest BCUT2D eigenvalue weighted by molar-refractivity contribution is -0.142. The molecule has 2 N–H and O–H groups in total. The van der Waals surface area contributed by atoms with Crippen LogP contribution in [-0.2, 0) is 28.5 Å². The quantitative estimate of drug-likeness (QED) is 0.204. The summed E-state index contributed by atoms with van der Waals surface area (Å²) in [4.78, 5) is 21.6. The lowest BCUT2D eigenvalue weighted by Gasteiger charge is -2.11. The molecule has 8 heteroatoms. The van der Waals surface area contributed by atoms with E-state index in [1.54, 1.807) is 0 Å². The molecule has 156 valence electrons. The molecule has 0 heterocycles. The standard InChI is InChI=1S/C19H32O8/c1-3-18(22)26-14-16(20)12-24-10-8-6-5-7-9-11-25-13-17(21)15-27-19(23)4-2/h3-4,16-17,20-21H,1-2,5-15H2. The third-order valence-corrected chi connectivity index (χ3v) is 3.37. The highest BCUT2D eigenvalue weighted by Crippen LogP contribution is 2.04. The van der Waals surface area contributed by atoms with Gasteiger partial charge in [-0.25, -0.2) is 9.59 Å². The van der Waals surface area contributed by atoms with Crippen molar-refractivity contribution in [3.05, 3.63) is 25.3 Å². The van der Waals surface area contributed by atoms with Crippen molar-refractivity contribution in [1.29, 1.82) is 0 Å². The molecule has 8 nitrogen and oxygen atoms in total. The summed E-state index contributed by atoms with van der Waals surface area (Å²) in [5.41, 5.74) is 0. The van der Waals surface area contributed by atoms with Crippen LogP contribution in [0, 0.1) is 0 Å². The van der Waals surface area contributed by atoms with E-state index < -0.39 is 24.1 Å². The van der Waals surface area contributed by atoms with Crippen LogP contribution >= 0.6 is 0 Å². The first kappa shape index (κ1) is 25.3. The number of aliphatic hydroxyl groups excluding tert-OH is 2. The summed E-state index contributed by atoms with van der Waals surface area (Å²) in [5.74, 6) is -1.13. The van der Waals surface area contributed by atoms with Gasteiger partial charge in [0.15, 0.2) is 0 Å². The summed E-state index contributed by atoms with van der Waals surface area (Å²) in [6, 6.07) is 0. The minimum atomic E-state index is -0.832. The molecule has 0 aromatic rings. The summed E-state index contributed by atoms with van der Waals surface area (Å²) in [5, 5.41) is 19.1. The van der Waals surface area contributed by atoms with Crippen LogP contribution in [0.4, 0.5) is 0 Å². The maximum Gasteiger partial charge on any atom is 0.330 e. The third-order valence-electron chi connectivity index (χ3n) is 3.37. The minimum absolute atomic E-state index is 0.101. The summed E-state index contributed by atoms with van der Waals surface area (Å²) < 4.78 is 20.0. The van der Waals surface area contributed by atoms with Crippen LogP contribution in [0.25, 0.3) is 0 Å². The van der Waals surface area contributed by atoms with Gasteiger partial charge in [-0.15, -0.1) is 0 Å². The largest absolute Gasteiger partial charge is 0.460 e. The Kier molecular flexibility index (Phi) is 16.5. The maximum absolute atomic E-state index is 10.8. The summed E-state index contributed by atoms with van der Waals surface area (Å²) >= 11 is 0. The molecular formula is C19H32O8. The lowest BCUT2D eigenvalue weighted by Crippen LogP contribution is -2.23. The number of hydrogen-bond acceptors (Lipinski definition) is 8. The normalized spacial score (nSPS) is 12.8. The monoisotopic (exact) mass is 388 g/mol. The molecule has 0 rings (SSSR count). The van der Waals surface area contributed by atoms with Crippen molar-refractivity contribution in [1.82, 2.24) is 0 Å². The molecule has 0 aliphatic rings. The molecular weight excluding hydrogens is 356 g/mol. The zero-order valence-corrected chi connectivity index (χ0v) is 15.8. The first-order valence-corrected chi connectivity index (χ1v) is 9.09. The van der Waals surface area contributed by atoms with Crippen LogP contribution in [0.3, 0.4) is 0 Å². The third kappa shape index (κ3) is 17.4. The van der Waals surface area contributed by atoms with Crippen LogP contribution in [0.1, 0.15) is 32.1 Å². The van der Waals surface area contributed by atoms with Crippen LogP contribution in [0.5, 0.6) is 0 Å². The van der Waals surface area contributed by atoms with E-state index in [1.165, 1.54) is 0 Å². The van der Waals surface area contributed by atoms with Crippen molar-refractivity contribution in [3.63, 3.8) is 0 Å². The van der Waals surface area contributed by atoms with Gasteiger partial charge in [-0.1, -0.05) is 32.4 Å². The molecule has 0 saturated carbocycles. The Hall–Kier alpha value is -1.74. The Morgan fingerprint density at radius 1 is 0.704 bits per heavy atom. The van der Waals surface area contributed by atoms with Crippen molar-refractivity contribution in [3.8, 4) is 0 Å². The predicted molar refractivity (Wildman–Crippen MR) is 99.0 cm³/mol. The number of rotatable bonds is 18. The van der Waals surface area contributed by atoms with Crippen LogP contribution in [0.2, 0.25) is 0 Å². The van der Waals surface area contributed by atoms with Gasteiger partial charge in [-0.3, -0.25) is 0 Å². The van der Waals surface area contributed by atoms with Gasteiger partial charge in [0.25, 0.3) is 0 Å². The SMILES string of the molecule is C=CC(=O)OCC(O)COCCCCCCCOCC(O)COC(=O)C=C. The second-order valence-corrected chi connectivity index (χ2v) is 5.89. The highest BCUT2D eigenvalue weighted by molar-refractivity contribution is 5.81. The molecule has 0 aromatic heterocycles.